The Bertz CT molecular complexity index is 348. The first-order valence-corrected chi connectivity index (χ1v) is 4.50. The highest BCUT2D eigenvalue weighted by atomic mass is 35.5. The van der Waals surface area contributed by atoms with Crippen LogP contribution in [-0.4, -0.2) is 11.1 Å². The SMILES string of the molecule is N=C(N)N(C(N)=S)c1ccc(Cl)cc1. The van der Waals surface area contributed by atoms with Gasteiger partial charge in [0.2, 0.25) is 0 Å². The van der Waals surface area contributed by atoms with E-state index in [1.807, 2.05) is 0 Å². The van der Waals surface area contributed by atoms with Crippen molar-refractivity contribution in [3.05, 3.63) is 29.3 Å². The summed E-state index contributed by atoms with van der Waals surface area (Å²) in [5, 5.41) is 7.90. The van der Waals surface area contributed by atoms with E-state index in [-0.39, 0.29) is 11.1 Å². The normalized spacial score (nSPS) is 9.50. The largest absolute Gasteiger partial charge is 0.376 e. The lowest BCUT2D eigenvalue weighted by molar-refractivity contribution is 1.29. The summed E-state index contributed by atoms with van der Waals surface area (Å²) in [6.07, 6.45) is 0. The van der Waals surface area contributed by atoms with E-state index in [0.29, 0.717) is 10.7 Å². The maximum Gasteiger partial charge on any atom is 0.199 e. The molecule has 0 saturated heterocycles. The molecule has 0 bridgehead atoms. The maximum atomic E-state index is 7.28. The first-order chi connectivity index (χ1) is 6.52. The average Bonchev–Trinajstić information content (AvgIpc) is 2.07. The number of anilines is 1. The van der Waals surface area contributed by atoms with E-state index in [2.05, 4.69) is 0 Å². The second kappa shape index (κ2) is 4.26. The fourth-order valence-electron chi connectivity index (χ4n) is 0.975. The first kappa shape index (κ1) is 10.7. The number of hydrogen-bond donors (Lipinski definition) is 3. The Hall–Kier alpha value is -1.33. The smallest absolute Gasteiger partial charge is 0.199 e. The summed E-state index contributed by atoms with van der Waals surface area (Å²) in [7, 11) is 0. The van der Waals surface area contributed by atoms with Crippen molar-refractivity contribution in [3.63, 3.8) is 0 Å². The molecular formula is C8H9ClN4S. The number of rotatable bonds is 1. The van der Waals surface area contributed by atoms with Crippen molar-refractivity contribution in [1.82, 2.24) is 0 Å². The van der Waals surface area contributed by atoms with Crippen molar-refractivity contribution in [3.8, 4) is 0 Å². The van der Waals surface area contributed by atoms with E-state index in [1.165, 1.54) is 4.90 Å². The molecule has 1 aromatic rings. The van der Waals surface area contributed by atoms with Gasteiger partial charge < -0.3 is 11.5 Å². The Kier molecular flexibility index (Phi) is 3.27. The molecule has 0 atom stereocenters. The van der Waals surface area contributed by atoms with Gasteiger partial charge in [-0.05, 0) is 36.5 Å². The van der Waals surface area contributed by atoms with E-state index >= 15 is 0 Å². The standard InChI is InChI=1S/C8H9ClN4S/c9-5-1-3-6(4-2-5)13(7(10)11)8(12)14/h1-4H,(H3,10,11)(H2,12,14). The Morgan fingerprint density at radius 3 is 2.14 bits per heavy atom. The van der Waals surface area contributed by atoms with Crippen LogP contribution in [0.5, 0.6) is 0 Å². The topological polar surface area (TPSA) is 79.1 Å². The summed E-state index contributed by atoms with van der Waals surface area (Å²) in [6, 6.07) is 6.71. The van der Waals surface area contributed by atoms with Gasteiger partial charge in [-0.3, -0.25) is 10.3 Å². The summed E-state index contributed by atoms with van der Waals surface area (Å²) < 4.78 is 0. The summed E-state index contributed by atoms with van der Waals surface area (Å²) in [5.74, 6) is -0.222. The Morgan fingerprint density at radius 2 is 1.79 bits per heavy atom. The number of nitrogens with zero attached hydrogens (tertiary/aromatic N) is 1. The Labute approximate surface area is 91.9 Å². The zero-order valence-electron chi connectivity index (χ0n) is 7.20. The average molecular weight is 229 g/mol. The maximum absolute atomic E-state index is 7.28. The first-order valence-electron chi connectivity index (χ1n) is 3.71. The number of hydrogen-bond acceptors (Lipinski definition) is 2. The number of nitrogens with two attached hydrogens (primary N) is 2. The Balaban J connectivity index is 3.06. The van der Waals surface area contributed by atoms with Crippen LogP contribution in [0, 0.1) is 5.41 Å². The van der Waals surface area contributed by atoms with Crippen molar-refractivity contribution < 1.29 is 0 Å². The van der Waals surface area contributed by atoms with Crippen LogP contribution in [0.15, 0.2) is 24.3 Å². The lowest BCUT2D eigenvalue weighted by Crippen LogP contribution is -2.44. The zero-order valence-corrected chi connectivity index (χ0v) is 8.77. The fraction of sp³-hybridized carbons (Fsp3) is 0. The van der Waals surface area contributed by atoms with Gasteiger partial charge in [-0.25, -0.2) is 0 Å². The van der Waals surface area contributed by atoms with Gasteiger partial charge in [0.05, 0.1) is 5.69 Å². The Morgan fingerprint density at radius 1 is 1.29 bits per heavy atom. The molecule has 0 heterocycles. The summed E-state index contributed by atoms with van der Waals surface area (Å²) in [6.45, 7) is 0. The number of benzene rings is 1. The van der Waals surface area contributed by atoms with Crippen molar-refractivity contribution in [2.75, 3.05) is 4.90 Å². The molecule has 0 spiro atoms. The van der Waals surface area contributed by atoms with Crippen LogP contribution in [-0.2, 0) is 0 Å². The van der Waals surface area contributed by atoms with Gasteiger partial charge in [0.1, 0.15) is 0 Å². The zero-order chi connectivity index (χ0) is 10.7. The molecule has 0 fully saturated rings. The van der Waals surface area contributed by atoms with E-state index in [1.54, 1.807) is 24.3 Å². The van der Waals surface area contributed by atoms with Crippen molar-refractivity contribution >= 4 is 40.6 Å². The number of nitrogens with one attached hydrogen (secondary N) is 1. The third-order valence-electron chi connectivity index (χ3n) is 1.55. The minimum absolute atomic E-state index is 0.0276. The van der Waals surface area contributed by atoms with Gasteiger partial charge in [-0.15, -0.1) is 0 Å². The summed E-state index contributed by atoms with van der Waals surface area (Å²) >= 11 is 10.5. The van der Waals surface area contributed by atoms with Crippen molar-refractivity contribution in [2.45, 2.75) is 0 Å². The van der Waals surface area contributed by atoms with E-state index in [4.69, 9.17) is 40.7 Å². The number of halogens is 1. The monoisotopic (exact) mass is 228 g/mol. The molecule has 1 rings (SSSR count). The van der Waals surface area contributed by atoms with E-state index < -0.39 is 0 Å². The molecule has 74 valence electrons. The highest BCUT2D eigenvalue weighted by molar-refractivity contribution is 7.80. The molecule has 14 heavy (non-hydrogen) atoms. The second-order valence-corrected chi connectivity index (χ2v) is 3.39. The van der Waals surface area contributed by atoms with Crippen LogP contribution in [0.4, 0.5) is 5.69 Å². The molecule has 0 amide bonds. The lowest BCUT2D eigenvalue weighted by Gasteiger charge is -2.20. The van der Waals surface area contributed by atoms with Crippen LogP contribution < -0.4 is 16.4 Å². The molecule has 6 heteroatoms. The fourth-order valence-corrected chi connectivity index (χ4v) is 1.30. The van der Waals surface area contributed by atoms with Gasteiger partial charge >= 0.3 is 0 Å². The molecule has 1 aromatic carbocycles. The second-order valence-electron chi connectivity index (χ2n) is 2.54. The van der Waals surface area contributed by atoms with E-state index in [0.717, 1.165) is 0 Å². The molecule has 4 nitrogen and oxygen atoms in total. The molecule has 5 N–H and O–H groups in total. The molecule has 0 aliphatic carbocycles. The van der Waals surface area contributed by atoms with E-state index in [9.17, 15) is 0 Å². The minimum Gasteiger partial charge on any atom is -0.376 e. The summed E-state index contributed by atoms with van der Waals surface area (Å²) in [5.41, 5.74) is 11.3. The van der Waals surface area contributed by atoms with Gasteiger partial charge in [0.15, 0.2) is 11.1 Å². The molecule has 0 unspecified atom stereocenters. The molecule has 0 aliphatic rings. The van der Waals surface area contributed by atoms with Gasteiger partial charge in [0, 0.05) is 5.02 Å². The quantitative estimate of drug-likeness (QED) is 0.384. The van der Waals surface area contributed by atoms with Gasteiger partial charge in [0.25, 0.3) is 0 Å². The van der Waals surface area contributed by atoms with Crippen LogP contribution in [0.2, 0.25) is 5.02 Å². The summed E-state index contributed by atoms with van der Waals surface area (Å²) in [4.78, 5) is 1.24. The molecule has 0 saturated carbocycles. The number of guanidine groups is 1. The van der Waals surface area contributed by atoms with Crippen LogP contribution in [0.3, 0.4) is 0 Å². The third kappa shape index (κ3) is 2.34. The number of thiocarbonyl (C=S) groups is 1. The molecular weight excluding hydrogens is 220 g/mol. The van der Waals surface area contributed by atoms with Gasteiger partial charge in [-0.1, -0.05) is 11.6 Å². The molecule has 0 radical (unpaired) electrons. The van der Waals surface area contributed by atoms with Gasteiger partial charge in [-0.2, -0.15) is 0 Å². The predicted molar refractivity (Wildman–Crippen MR) is 62.6 cm³/mol. The minimum atomic E-state index is -0.222. The third-order valence-corrected chi connectivity index (χ3v) is 1.98. The van der Waals surface area contributed by atoms with Crippen LogP contribution >= 0.6 is 23.8 Å². The molecule has 0 aromatic heterocycles. The van der Waals surface area contributed by atoms with Crippen molar-refractivity contribution in [1.29, 1.82) is 5.41 Å². The van der Waals surface area contributed by atoms with Crippen LogP contribution in [0.1, 0.15) is 0 Å². The highest BCUT2D eigenvalue weighted by Gasteiger charge is 2.11. The molecule has 0 aliphatic heterocycles. The van der Waals surface area contributed by atoms with Crippen molar-refractivity contribution in [2.24, 2.45) is 11.5 Å². The van der Waals surface area contributed by atoms with Crippen LogP contribution in [0.25, 0.3) is 0 Å². The predicted octanol–water partition coefficient (Wildman–Crippen LogP) is 1.28. The lowest BCUT2D eigenvalue weighted by atomic mass is 10.3. The highest BCUT2D eigenvalue weighted by Crippen LogP contribution is 2.17.